The highest BCUT2D eigenvalue weighted by Crippen LogP contribution is 2.23. The predicted octanol–water partition coefficient (Wildman–Crippen LogP) is 1.91. The van der Waals surface area contributed by atoms with E-state index >= 15 is 0 Å². The Labute approximate surface area is 146 Å². The summed E-state index contributed by atoms with van der Waals surface area (Å²) in [5, 5.41) is 27.4. The van der Waals surface area contributed by atoms with Crippen molar-refractivity contribution < 1.29 is 19.6 Å². The van der Waals surface area contributed by atoms with Crippen LogP contribution in [-0.2, 0) is 11.2 Å². The minimum absolute atomic E-state index is 0.0313. The second-order valence-corrected chi connectivity index (χ2v) is 5.95. The molecule has 1 aromatic heterocycles. The molecular formula is C15H16N4O5S. The van der Waals surface area contributed by atoms with Gasteiger partial charge in [-0.25, -0.2) is 9.78 Å². The van der Waals surface area contributed by atoms with Crippen LogP contribution in [0.5, 0.6) is 0 Å². The maximum atomic E-state index is 11.8. The zero-order chi connectivity index (χ0) is 18.2. The Kier molecular flexibility index (Phi) is 6.54. The van der Waals surface area contributed by atoms with Gasteiger partial charge in [0.15, 0.2) is 5.69 Å². The van der Waals surface area contributed by atoms with E-state index in [-0.39, 0.29) is 29.4 Å². The van der Waals surface area contributed by atoms with Crippen molar-refractivity contribution in [1.29, 1.82) is 0 Å². The summed E-state index contributed by atoms with van der Waals surface area (Å²) in [4.78, 5) is 36.9. The van der Waals surface area contributed by atoms with E-state index < -0.39 is 10.9 Å². The molecule has 9 nitrogen and oxygen atoms in total. The number of carbonyl (C=O) groups is 2. The number of anilines is 1. The second-order valence-electron chi connectivity index (χ2n) is 5.00. The van der Waals surface area contributed by atoms with Gasteiger partial charge >= 0.3 is 5.97 Å². The first-order valence-corrected chi connectivity index (χ1v) is 8.27. The van der Waals surface area contributed by atoms with Crippen LogP contribution in [0.1, 0.15) is 21.9 Å². The summed E-state index contributed by atoms with van der Waals surface area (Å²) in [6.45, 7) is 0.939. The van der Waals surface area contributed by atoms with E-state index in [2.05, 4.69) is 15.6 Å². The summed E-state index contributed by atoms with van der Waals surface area (Å²) in [6, 6.07) is 5.95. The Balaban J connectivity index is 1.70. The molecule has 0 saturated heterocycles. The van der Waals surface area contributed by atoms with Crippen LogP contribution in [0.25, 0.3) is 0 Å². The standard InChI is InChI=1S/C15H16N4O5S/c20-13(17-10-3-1-2-4-12(10)19(23)24)5-7-16-8-6-14-18-11(9-25-14)15(21)22/h1-4,9,16H,5-8H2,(H,17,20)(H,21,22). The Morgan fingerprint density at radius 2 is 2.04 bits per heavy atom. The molecule has 2 aromatic rings. The molecule has 25 heavy (non-hydrogen) atoms. The molecular weight excluding hydrogens is 348 g/mol. The fraction of sp³-hybridized carbons (Fsp3) is 0.267. The van der Waals surface area contributed by atoms with Crippen molar-refractivity contribution in [3.8, 4) is 0 Å². The predicted molar refractivity (Wildman–Crippen MR) is 92.0 cm³/mol. The Morgan fingerprint density at radius 1 is 1.28 bits per heavy atom. The molecule has 1 amide bonds. The quantitative estimate of drug-likeness (QED) is 0.351. The number of nitrogens with zero attached hydrogens (tertiary/aromatic N) is 2. The van der Waals surface area contributed by atoms with Crippen molar-refractivity contribution in [3.63, 3.8) is 0 Å². The number of rotatable bonds is 9. The van der Waals surface area contributed by atoms with Gasteiger partial charge in [0.2, 0.25) is 5.91 Å². The SMILES string of the molecule is O=C(CCNCCc1nc(C(=O)O)cs1)Nc1ccccc1[N+](=O)[O-]. The lowest BCUT2D eigenvalue weighted by molar-refractivity contribution is -0.383. The summed E-state index contributed by atoms with van der Waals surface area (Å²) < 4.78 is 0. The largest absolute Gasteiger partial charge is 0.476 e. The van der Waals surface area contributed by atoms with Crippen LogP contribution in [0.2, 0.25) is 0 Å². The molecule has 3 N–H and O–H groups in total. The Hall–Kier alpha value is -2.85. The number of aromatic nitrogens is 1. The van der Waals surface area contributed by atoms with Gasteiger partial charge in [0, 0.05) is 37.4 Å². The van der Waals surface area contributed by atoms with Gasteiger partial charge in [-0.3, -0.25) is 14.9 Å². The number of hydrogen-bond acceptors (Lipinski definition) is 7. The third-order valence-electron chi connectivity index (χ3n) is 3.19. The van der Waals surface area contributed by atoms with Gasteiger partial charge in [-0.1, -0.05) is 12.1 Å². The fourth-order valence-electron chi connectivity index (χ4n) is 2.00. The van der Waals surface area contributed by atoms with Gasteiger partial charge < -0.3 is 15.7 Å². The molecule has 2 rings (SSSR count). The lowest BCUT2D eigenvalue weighted by atomic mass is 10.2. The molecule has 0 aliphatic carbocycles. The highest BCUT2D eigenvalue weighted by molar-refractivity contribution is 7.09. The third-order valence-corrected chi connectivity index (χ3v) is 4.10. The number of benzene rings is 1. The molecule has 0 bridgehead atoms. The first kappa shape index (κ1) is 18.5. The van der Waals surface area contributed by atoms with Gasteiger partial charge in [-0.05, 0) is 6.07 Å². The Morgan fingerprint density at radius 3 is 2.72 bits per heavy atom. The van der Waals surface area contributed by atoms with Crippen molar-refractivity contribution in [2.45, 2.75) is 12.8 Å². The van der Waals surface area contributed by atoms with Gasteiger partial charge in [0.1, 0.15) is 5.69 Å². The van der Waals surface area contributed by atoms with Crippen LogP contribution < -0.4 is 10.6 Å². The first-order valence-electron chi connectivity index (χ1n) is 7.39. The molecule has 1 heterocycles. The molecule has 10 heteroatoms. The van der Waals surface area contributed by atoms with E-state index in [0.29, 0.717) is 24.5 Å². The number of aromatic carboxylic acids is 1. The zero-order valence-corrected chi connectivity index (χ0v) is 13.9. The number of nitro groups is 1. The molecule has 0 aliphatic rings. The van der Waals surface area contributed by atoms with Crippen molar-refractivity contribution in [2.24, 2.45) is 0 Å². The molecule has 0 spiro atoms. The van der Waals surface area contributed by atoms with Crippen LogP contribution in [0.3, 0.4) is 0 Å². The van der Waals surface area contributed by atoms with Crippen molar-refractivity contribution in [3.05, 3.63) is 50.5 Å². The van der Waals surface area contributed by atoms with E-state index in [1.165, 1.54) is 34.9 Å². The van der Waals surface area contributed by atoms with Crippen LogP contribution >= 0.6 is 11.3 Å². The maximum Gasteiger partial charge on any atom is 0.355 e. The number of carboxylic acids is 1. The number of carbonyl (C=O) groups excluding carboxylic acids is 1. The fourth-order valence-corrected chi connectivity index (χ4v) is 2.77. The molecule has 132 valence electrons. The maximum absolute atomic E-state index is 11.8. The highest BCUT2D eigenvalue weighted by Gasteiger charge is 2.14. The topological polar surface area (TPSA) is 134 Å². The second kappa shape index (κ2) is 8.85. The van der Waals surface area contributed by atoms with E-state index in [4.69, 9.17) is 5.11 Å². The minimum Gasteiger partial charge on any atom is -0.476 e. The highest BCUT2D eigenvalue weighted by atomic mass is 32.1. The lowest BCUT2D eigenvalue weighted by Crippen LogP contribution is -2.23. The van der Waals surface area contributed by atoms with Crippen molar-refractivity contribution >= 4 is 34.6 Å². The number of para-hydroxylation sites is 2. The van der Waals surface area contributed by atoms with Gasteiger partial charge in [0.05, 0.1) is 9.93 Å². The van der Waals surface area contributed by atoms with Crippen LogP contribution in [0.4, 0.5) is 11.4 Å². The average molecular weight is 364 g/mol. The summed E-state index contributed by atoms with van der Waals surface area (Å²) in [7, 11) is 0. The number of amides is 1. The first-order chi connectivity index (χ1) is 12.0. The van der Waals surface area contributed by atoms with Crippen LogP contribution in [0.15, 0.2) is 29.6 Å². The molecule has 0 atom stereocenters. The van der Waals surface area contributed by atoms with Gasteiger partial charge in [-0.15, -0.1) is 11.3 Å². The number of hydrogen-bond donors (Lipinski definition) is 3. The smallest absolute Gasteiger partial charge is 0.355 e. The third kappa shape index (κ3) is 5.62. The zero-order valence-electron chi connectivity index (χ0n) is 13.1. The number of nitro benzene ring substituents is 1. The van der Waals surface area contributed by atoms with E-state index in [1.54, 1.807) is 6.07 Å². The summed E-state index contributed by atoms with van der Waals surface area (Å²) >= 11 is 1.27. The molecule has 0 saturated carbocycles. The van der Waals surface area contributed by atoms with Crippen LogP contribution in [0, 0.1) is 10.1 Å². The number of nitrogens with one attached hydrogen (secondary N) is 2. The van der Waals surface area contributed by atoms with E-state index in [9.17, 15) is 19.7 Å². The molecule has 0 unspecified atom stereocenters. The van der Waals surface area contributed by atoms with E-state index in [1.807, 2.05) is 0 Å². The normalized spacial score (nSPS) is 10.4. The molecule has 0 radical (unpaired) electrons. The minimum atomic E-state index is -1.05. The van der Waals surface area contributed by atoms with E-state index in [0.717, 1.165) is 0 Å². The molecule has 0 aliphatic heterocycles. The Bertz CT molecular complexity index is 777. The van der Waals surface area contributed by atoms with Gasteiger partial charge in [0.25, 0.3) is 5.69 Å². The van der Waals surface area contributed by atoms with Crippen molar-refractivity contribution in [1.82, 2.24) is 10.3 Å². The number of carboxylic acid groups (broad SMARTS) is 1. The molecule has 1 aromatic carbocycles. The molecule has 0 fully saturated rings. The number of thiazole rings is 1. The monoisotopic (exact) mass is 364 g/mol. The van der Waals surface area contributed by atoms with Crippen LogP contribution in [-0.4, -0.2) is 40.0 Å². The van der Waals surface area contributed by atoms with Gasteiger partial charge in [-0.2, -0.15) is 0 Å². The lowest BCUT2D eigenvalue weighted by Gasteiger charge is -2.06. The summed E-state index contributed by atoms with van der Waals surface area (Å²) in [5.74, 6) is -1.38. The summed E-state index contributed by atoms with van der Waals surface area (Å²) in [6.07, 6.45) is 0.716. The summed E-state index contributed by atoms with van der Waals surface area (Å²) in [5.41, 5.74) is 0.0483. The van der Waals surface area contributed by atoms with Crippen molar-refractivity contribution in [2.75, 3.05) is 18.4 Å². The average Bonchev–Trinajstić information content (AvgIpc) is 3.04.